The van der Waals surface area contributed by atoms with E-state index in [9.17, 15) is 13.2 Å². The highest BCUT2D eigenvalue weighted by atomic mass is 32.2. The van der Waals surface area contributed by atoms with Crippen molar-refractivity contribution in [2.24, 2.45) is 0 Å². The highest BCUT2D eigenvalue weighted by Crippen LogP contribution is 2.28. The fourth-order valence-corrected chi connectivity index (χ4v) is 5.67. The number of hydrogen-bond acceptors (Lipinski definition) is 6. The van der Waals surface area contributed by atoms with Crippen LogP contribution in [0.5, 0.6) is 11.5 Å². The maximum absolute atomic E-state index is 13.3. The number of anilines is 1. The van der Waals surface area contributed by atoms with Crippen molar-refractivity contribution in [2.75, 3.05) is 45.3 Å². The van der Waals surface area contributed by atoms with E-state index in [0.29, 0.717) is 36.5 Å². The largest absolute Gasteiger partial charge is 0.497 e. The van der Waals surface area contributed by atoms with Gasteiger partial charge in [-0.25, -0.2) is 8.42 Å². The van der Waals surface area contributed by atoms with Gasteiger partial charge in [0, 0.05) is 31.7 Å². The lowest BCUT2D eigenvalue weighted by Crippen LogP contribution is -2.35. The van der Waals surface area contributed by atoms with Gasteiger partial charge in [-0.2, -0.15) is 0 Å². The summed E-state index contributed by atoms with van der Waals surface area (Å²) in [4.78, 5) is 17.5. The third kappa shape index (κ3) is 5.77. The molecule has 0 aromatic heterocycles. The molecule has 1 aliphatic heterocycles. The molecule has 0 spiro atoms. The van der Waals surface area contributed by atoms with Crippen molar-refractivity contribution in [1.29, 1.82) is 0 Å². The number of rotatable bonds is 7. The topological polar surface area (TPSA) is 76.2 Å². The summed E-state index contributed by atoms with van der Waals surface area (Å²) in [6, 6.07) is 21.1. The first-order valence-corrected chi connectivity index (χ1v) is 13.2. The molecule has 0 radical (unpaired) electrons. The van der Waals surface area contributed by atoms with E-state index in [2.05, 4.69) is 4.90 Å². The summed E-state index contributed by atoms with van der Waals surface area (Å²) < 4.78 is 36.7. The van der Waals surface area contributed by atoms with Crippen LogP contribution in [0, 0.1) is 0 Å². The number of amides is 1. The first kappa shape index (κ1) is 24.6. The first-order valence-electron chi connectivity index (χ1n) is 11.5. The molecular weight excluding hydrogens is 464 g/mol. The summed E-state index contributed by atoms with van der Waals surface area (Å²) in [5.41, 5.74) is 2.05. The molecule has 1 aliphatic rings. The third-order valence-corrected chi connectivity index (χ3v) is 7.85. The molecule has 1 saturated heterocycles. The zero-order chi connectivity index (χ0) is 24.8. The van der Waals surface area contributed by atoms with Crippen LogP contribution in [0.4, 0.5) is 5.69 Å². The summed E-state index contributed by atoms with van der Waals surface area (Å²) in [6.45, 7) is 2.62. The minimum atomic E-state index is -3.61. The van der Waals surface area contributed by atoms with Gasteiger partial charge in [0.1, 0.15) is 11.5 Å². The van der Waals surface area contributed by atoms with Crippen LogP contribution in [0.2, 0.25) is 0 Å². The SMILES string of the molecule is COc1ccc(CS(=O)(=O)c2cccc(C(=O)N3CCCN(c4ccccc4OC)CC3)c2)cc1. The fraction of sp³-hybridized carbons (Fsp3) is 0.296. The zero-order valence-electron chi connectivity index (χ0n) is 20.0. The number of benzene rings is 3. The summed E-state index contributed by atoms with van der Waals surface area (Å²) >= 11 is 0. The number of para-hydroxylation sites is 2. The summed E-state index contributed by atoms with van der Waals surface area (Å²) in [6.07, 6.45) is 0.805. The third-order valence-electron chi connectivity index (χ3n) is 6.16. The average Bonchev–Trinajstić information content (AvgIpc) is 3.15. The fourth-order valence-electron chi connectivity index (χ4n) is 4.28. The Morgan fingerprint density at radius 1 is 0.857 bits per heavy atom. The molecule has 0 atom stereocenters. The summed E-state index contributed by atoms with van der Waals surface area (Å²) in [5, 5.41) is 0. The Morgan fingerprint density at radius 3 is 2.37 bits per heavy atom. The minimum absolute atomic E-state index is 0.143. The van der Waals surface area contributed by atoms with Crippen molar-refractivity contribution in [2.45, 2.75) is 17.1 Å². The number of nitrogens with zero attached hydrogens (tertiary/aromatic N) is 2. The van der Waals surface area contributed by atoms with Crippen LogP contribution in [0.15, 0.2) is 77.7 Å². The van der Waals surface area contributed by atoms with E-state index >= 15 is 0 Å². The molecule has 0 saturated carbocycles. The number of hydrogen-bond donors (Lipinski definition) is 0. The van der Waals surface area contributed by atoms with Crippen LogP contribution in [0.25, 0.3) is 0 Å². The Morgan fingerprint density at radius 2 is 1.63 bits per heavy atom. The number of sulfone groups is 1. The standard InChI is InChI=1S/C27H30N2O5S/c1-33-23-13-11-21(12-14-23)20-35(31,32)24-8-5-7-22(19-24)27(30)29-16-6-15-28(17-18-29)25-9-3-4-10-26(25)34-2/h3-5,7-14,19H,6,15-18,20H2,1-2H3. The molecule has 7 nitrogen and oxygen atoms in total. The van der Waals surface area contributed by atoms with E-state index in [1.807, 2.05) is 24.3 Å². The van der Waals surface area contributed by atoms with Crippen molar-refractivity contribution >= 4 is 21.4 Å². The molecule has 8 heteroatoms. The first-order chi connectivity index (χ1) is 16.9. The lowest BCUT2D eigenvalue weighted by molar-refractivity contribution is 0.0766. The van der Waals surface area contributed by atoms with Gasteiger partial charge in [0.2, 0.25) is 0 Å². The zero-order valence-corrected chi connectivity index (χ0v) is 20.8. The highest BCUT2D eigenvalue weighted by Gasteiger charge is 2.23. The van der Waals surface area contributed by atoms with Crippen LogP contribution in [-0.4, -0.2) is 59.6 Å². The molecule has 1 heterocycles. The predicted molar refractivity (Wildman–Crippen MR) is 136 cm³/mol. The molecule has 0 aliphatic carbocycles. The molecular formula is C27H30N2O5S. The lowest BCUT2D eigenvalue weighted by atomic mass is 10.2. The Kier molecular flexibility index (Phi) is 7.60. The molecule has 0 unspecified atom stereocenters. The minimum Gasteiger partial charge on any atom is -0.497 e. The van der Waals surface area contributed by atoms with E-state index in [0.717, 1.165) is 24.4 Å². The van der Waals surface area contributed by atoms with Crippen LogP contribution >= 0.6 is 0 Å². The number of carbonyl (C=O) groups is 1. The quantitative estimate of drug-likeness (QED) is 0.494. The van der Waals surface area contributed by atoms with Crippen molar-refractivity contribution in [1.82, 2.24) is 4.90 Å². The van der Waals surface area contributed by atoms with Gasteiger partial charge in [0.25, 0.3) is 5.91 Å². The average molecular weight is 495 g/mol. The number of ether oxygens (including phenoxy) is 2. The van der Waals surface area contributed by atoms with Crippen molar-refractivity contribution in [3.63, 3.8) is 0 Å². The van der Waals surface area contributed by atoms with Gasteiger partial charge in [0.05, 0.1) is 30.6 Å². The van der Waals surface area contributed by atoms with E-state index < -0.39 is 9.84 Å². The summed E-state index contributed by atoms with van der Waals surface area (Å²) in [5.74, 6) is 1.17. The van der Waals surface area contributed by atoms with E-state index in [4.69, 9.17) is 9.47 Å². The molecule has 1 fully saturated rings. The Bertz CT molecular complexity index is 1270. The Balaban J connectivity index is 1.47. The molecule has 0 bridgehead atoms. The molecule has 184 valence electrons. The predicted octanol–water partition coefficient (Wildman–Crippen LogP) is 4.03. The van der Waals surface area contributed by atoms with Crippen LogP contribution in [0.1, 0.15) is 22.3 Å². The van der Waals surface area contributed by atoms with Gasteiger partial charge in [-0.3, -0.25) is 4.79 Å². The monoisotopic (exact) mass is 494 g/mol. The van der Waals surface area contributed by atoms with Gasteiger partial charge in [-0.1, -0.05) is 30.3 Å². The molecule has 4 rings (SSSR count). The molecule has 3 aromatic rings. The van der Waals surface area contributed by atoms with Gasteiger partial charge in [0.15, 0.2) is 9.84 Å². The van der Waals surface area contributed by atoms with Gasteiger partial charge in [-0.05, 0) is 54.4 Å². The molecule has 35 heavy (non-hydrogen) atoms. The van der Waals surface area contributed by atoms with Crippen molar-refractivity contribution in [3.05, 3.63) is 83.9 Å². The maximum Gasteiger partial charge on any atom is 0.253 e. The van der Waals surface area contributed by atoms with Gasteiger partial charge in [-0.15, -0.1) is 0 Å². The number of methoxy groups -OCH3 is 2. The highest BCUT2D eigenvalue weighted by molar-refractivity contribution is 7.90. The molecule has 1 amide bonds. The second-order valence-electron chi connectivity index (χ2n) is 8.44. The molecule has 0 N–H and O–H groups in total. The van der Waals surface area contributed by atoms with Crippen LogP contribution in [0.3, 0.4) is 0 Å². The Labute approximate surface area is 206 Å². The number of carbonyl (C=O) groups excluding carboxylic acids is 1. The van der Waals surface area contributed by atoms with E-state index in [1.54, 1.807) is 61.6 Å². The summed E-state index contributed by atoms with van der Waals surface area (Å²) in [7, 11) is -0.394. The van der Waals surface area contributed by atoms with Crippen LogP contribution in [-0.2, 0) is 15.6 Å². The van der Waals surface area contributed by atoms with E-state index in [-0.39, 0.29) is 16.6 Å². The normalized spacial score (nSPS) is 14.3. The van der Waals surface area contributed by atoms with Crippen molar-refractivity contribution < 1.29 is 22.7 Å². The Hall–Kier alpha value is -3.52. The lowest BCUT2D eigenvalue weighted by Gasteiger charge is -2.25. The van der Waals surface area contributed by atoms with E-state index in [1.165, 1.54) is 6.07 Å². The smallest absolute Gasteiger partial charge is 0.253 e. The molecule has 3 aromatic carbocycles. The second-order valence-corrected chi connectivity index (χ2v) is 10.4. The van der Waals surface area contributed by atoms with Crippen molar-refractivity contribution in [3.8, 4) is 11.5 Å². The van der Waals surface area contributed by atoms with Crippen LogP contribution < -0.4 is 14.4 Å². The van der Waals surface area contributed by atoms with Gasteiger partial charge < -0.3 is 19.3 Å². The van der Waals surface area contributed by atoms with Gasteiger partial charge >= 0.3 is 0 Å². The second kappa shape index (κ2) is 10.8. The maximum atomic E-state index is 13.3.